The quantitative estimate of drug-likeness (QED) is 0.396. The molecule has 2 aromatic carbocycles. The number of rotatable bonds is 8. The van der Waals surface area contributed by atoms with Crippen LogP contribution in [0.1, 0.15) is 41.0 Å². The maximum atomic E-state index is 13.5. The van der Waals surface area contributed by atoms with Crippen molar-refractivity contribution in [3.63, 3.8) is 0 Å². The summed E-state index contributed by atoms with van der Waals surface area (Å²) in [6.45, 7) is 10.7. The van der Waals surface area contributed by atoms with E-state index in [1.807, 2.05) is 12.1 Å². The van der Waals surface area contributed by atoms with E-state index in [1.54, 1.807) is 11.8 Å². The van der Waals surface area contributed by atoms with Crippen LogP contribution in [0, 0.1) is 13.8 Å². The van der Waals surface area contributed by atoms with Crippen LogP contribution < -0.4 is 10.5 Å². The van der Waals surface area contributed by atoms with Gasteiger partial charge in [-0.1, -0.05) is 25.1 Å². The molecule has 1 fully saturated rings. The third-order valence-corrected chi connectivity index (χ3v) is 7.55. The first-order chi connectivity index (χ1) is 18.0. The first-order valence-corrected chi connectivity index (χ1v) is 13.0. The molecular formula is C28H35N7O2. The number of aromatic amines is 1. The molecule has 5 rings (SSSR count). The highest BCUT2D eigenvalue weighted by molar-refractivity contribution is 5.80. The third-order valence-electron chi connectivity index (χ3n) is 7.55. The van der Waals surface area contributed by atoms with E-state index in [-0.39, 0.29) is 11.6 Å². The molecule has 2 aromatic heterocycles. The maximum Gasteiger partial charge on any atom is 0.253 e. The highest BCUT2D eigenvalue weighted by Gasteiger charge is 2.33. The van der Waals surface area contributed by atoms with E-state index in [0.717, 1.165) is 43.5 Å². The Labute approximate surface area is 217 Å². The molecule has 0 amide bonds. The molecule has 1 aliphatic heterocycles. The lowest BCUT2D eigenvalue weighted by molar-refractivity contribution is 0.171. The Kier molecular flexibility index (Phi) is 7.34. The SMILES string of the molecule is CCc1ccc2[nH]c(=O)c(C(c3nnnn3CCOC)N3CCN(c4cccc(C)c4C)CC3)cc2c1. The van der Waals surface area contributed by atoms with Crippen molar-refractivity contribution in [2.75, 3.05) is 44.8 Å². The molecular weight excluding hydrogens is 466 g/mol. The molecule has 4 aromatic rings. The zero-order chi connectivity index (χ0) is 25.9. The first kappa shape index (κ1) is 25.1. The van der Waals surface area contributed by atoms with Crippen LogP contribution in [0.5, 0.6) is 0 Å². The van der Waals surface area contributed by atoms with Gasteiger partial charge in [0.1, 0.15) is 6.04 Å². The second kappa shape index (κ2) is 10.8. The van der Waals surface area contributed by atoms with Crippen LogP contribution >= 0.6 is 0 Å². The van der Waals surface area contributed by atoms with Crippen LogP contribution in [-0.2, 0) is 17.7 Å². The monoisotopic (exact) mass is 501 g/mol. The van der Waals surface area contributed by atoms with Crippen molar-refractivity contribution in [2.24, 2.45) is 0 Å². The molecule has 0 bridgehead atoms. The minimum absolute atomic E-state index is 0.111. The number of fused-ring (bicyclic) bond motifs is 1. The highest BCUT2D eigenvalue weighted by atomic mass is 16.5. The Morgan fingerprint density at radius 1 is 1.08 bits per heavy atom. The zero-order valence-electron chi connectivity index (χ0n) is 22.1. The standard InChI is InChI=1S/C28H35N7O2/c1-5-21-9-10-24-22(17-21)18-23(28(36)29-24)26(27-30-31-32-35(27)15-16-37-4)34-13-11-33(12-14-34)25-8-6-7-19(2)20(25)3/h6-10,17-18,26H,5,11-16H2,1-4H3,(H,29,36). The van der Waals surface area contributed by atoms with Crippen molar-refractivity contribution < 1.29 is 4.74 Å². The van der Waals surface area contributed by atoms with Gasteiger partial charge >= 0.3 is 0 Å². The summed E-state index contributed by atoms with van der Waals surface area (Å²) in [6.07, 6.45) is 0.934. The van der Waals surface area contributed by atoms with Crippen molar-refractivity contribution >= 4 is 16.6 Å². The Bertz CT molecular complexity index is 1440. The summed E-state index contributed by atoms with van der Waals surface area (Å²) in [5.41, 5.74) is 6.50. The molecule has 0 saturated carbocycles. The Balaban J connectivity index is 1.53. The average molecular weight is 502 g/mol. The fourth-order valence-electron chi connectivity index (χ4n) is 5.24. The number of hydrogen-bond donors (Lipinski definition) is 1. The minimum Gasteiger partial charge on any atom is -0.383 e. The smallest absolute Gasteiger partial charge is 0.253 e. The van der Waals surface area contributed by atoms with Crippen LogP contribution in [0.2, 0.25) is 0 Å². The van der Waals surface area contributed by atoms with E-state index in [1.165, 1.54) is 22.4 Å². The van der Waals surface area contributed by atoms with E-state index in [2.05, 4.69) is 81.4 Å². The number of piperazine rings is 1. The van der Waals surface area contributed by atoms with Gasteiger partial charge < -0.3 is 14.6 Å². The van der Waals surface area contributed by atoms with Gasteiger partial charge in [0, 0.05) is 50.1 Å². The van der Waals surface area contributed by atoms with E-state index < -0.39 is 0 Å². The summed E-state index contributed by atoms with van der Waals surface area (Å²) in [4.78, 5) is 21.3. The van der Waals surface area contributed by atoms with Crippen LogP contribution in [0.3, 0.4) is 0 Å². The first-order valence-electron chi connectivity index (χ1n) is 13.0. The highest BCUT2D eigenvalue weighted by Crippen LogP contribution is 2.30. The van der Waals surface area contributed by atoms with E-state index in [0.29, 0.717) is 24.5 Å². The van der Waals surface area contributed by atoms with Gasteiger partial charge in [-0.3, -0.25) is 9.69 Å². The molecule has 9 heteroatoms. The summed E-state index contributed by atoms with van der Waals surface area (Å²) >= 11 is 0. The van der Waals surface area contributed by atoms with Gasteiger partial charge in [-0.25, -0.2) is 4.68 Å². The van der Waals surface area contributed by atoms with Gasteiger partial charge in [0.05, 0.1) is 13.2 Å². The second-order valence-electron chi connectivity index (χ2n) is 9.73. The average Bonchev–Trinajstić information content (AvgIpc) is 3.37. The largest absolute Gasteiger partial charge is 0.383 e. The van der Waals surface area contributed by atoms with Crippen LogP contribution in [0.15, 0.2) is 47.3 Å². The lowest BCUT2D eigenvalue weighted by Gasteiger charge is -2.40. The number of tetrazole rings is 1. The van der Waals surface area contributed by atoms with Crippen molar-refractivity contribution in [1.29, 1.82) is 0 Å². The summed E-state index contributed by atoms with van der Waals surface area (Å²) in [6, 6.07) is 14.3. The van der Waals surface area contributed by atoms with Crippen molar-refractivity contribution in [3.8, 4) is 0 Å². The number of hydrogen-bond acceptors (Lipinski definition) is 7. The third kappa shape index (κ3) is 5.01. The maximum absolute atomic E-state index is 13.5. The molecule has 1 saturated heterocycles. The van der Waals surface area contributed by atoms with Crippen LogP contribution in [0.4, 0.5) is 5.69 Å². The molecule has 194 valence electrons. The van der Waals surface area contributed by atoms with Gasteiger partial charge in [-0.15, -0.1) is 5.10 Å². The van der Waals surface area contributed by atoms with Crippen molar-refractivity contribution in [1.82, 2.24) is 30.1 Å². The molecule has 9 nitrogen and oxygen atoms in total. The number of aryl methyl sites for hydroxylation is 2. The number of nitrogens with one attached hydrogen (secondary N) is 1. The number of methoxy groups -OCH3 is 1. The number of ether oxygens (including phenoxy) is 1. The fourth-order valence-corrected chi connectivity index (χ4v) is 5.24. The Morgan fingerprint density at radius 3 is 2.65 bits per heavy atom. The van der Waals surface area contributed by atoms with Gasteiger partial charge in [0.15, 0.2) is 5.82 Å². The molecule has 37 heavy (non-hydrogen) atoms. The lowest BCUT2D eigenvalue weighted by Crippen LogP contribution is -2.49. The Morgan fingerprint density at radius 2 is 1.89 bits per heavy atom. The van der Waals surface area contributed by atoms with Crippen LogP contribution in [-0.4, -0.2) is 70.0 Å². The van der Waals surface area contributed by atoms with E-state index in [4.69, 9.17) is 4.74 Å². The molecule has 1 atom stereocenters. The summed E-state index contributed by atoms with van der Waals surface area (Å²) in [5.74, 6) is 0.661. The van der Waals surface area contributed by atoms with Gasteiger partial charge in [0.2, 0.25) is 0 Å². The topological polar surface area (TPSA) is 92.2 Å². The molecule has 0 radical (unpaired) electrons. The number of anilines is 1. The van der Waals surface area contributed by atoms with Crippen molar-refractivity contribution in [3.05, 3.63) is 80.9 Å². The molecule has 1 N–H and O–H groups in total. The van der Waals surface area contributed by atoms with Gasteiger partial charge in [-0.05, 0) is 77.0 Å². The zero-order valence-corrected chi connectivity index (χ0v) is 22.1. The minimum atomic E-state index is -0.369. The number of benzene rings is 2. The summed E-state index contributed by atoms with van der Waals surface area (Å²) in [5, 5.41) is 13.6. The van der Waals surface area contributed by atoms with Crippen LogP contribution in [0.25, 0.3) is 10.9 Å². The number of H-pyrrole nitrogens is 1. The summed E-state index contributed by atoms with van der Waals surface area (Å²) in [7, 11) is 1.66. The number of nitrogens with zero attached hydrogens (tertiary/aromatic N) is 6. The van der Waals surface area contributed by atoms with E-state index >= 15 is 0 Å². The molecule has 1 aliphatic rings. The summed E-state index contributed by atoms with van der Waals surface area (Å²) < 4.78 is 7.05. The predicted octanol–water partition coefficient (Wildman–Crippen LogP) is 3.25. The number of pyridine rings is 1. The second-order valence-corrected chi connectivity index (χ2v) is 9.73. The normalized spacial score (nSPS) is 15.4. The molecule has 1 unspecified atom stereocenters. The molecule has 3 heterocycles. The molecule has 0 aliphatic carbocycles. The van der Waals surface area contributed by atoms with Gasteiger partial charge in [-0.2, -0.15) is 0 Å². The Hall–Kier alpha value is -3.56. The van der Waals surface area contributed by atoms with Crippen molar-refractivity contribution in [2.45, 2.75) is 39.8 Å². The van der Waals surface area contributed by atoms with E-state index in [9.17, 15) is 4.79 Å². The lowest BCUT2D eigenvalue weighted by atomic mass is 10.0. The van der Waals surface area contributed by atoms with Gasteiger partial charge in [0.25, 0.3) is 5.56 Å². The predicted molar refractivity (Wildman–Crippen MR) is 145 cm³/mol. The molecule has 0 spiro atoms. The fraction of sp³-hybridized carbons (Fsp3) is 0.429. The number of aromatic nitrogens is 5.